The first kappa shape index (κ1) is 15.9. The summed E-state index contributed by atoms with van der Waals surface area (Å²) in [6.45, 7) is 2.37. The number of carbonyl (C=O) groups excluding carboxylic acids is 1. The van der Waals surface area contributed by atoms with Crippen LogP contribution in [-0.4, -0.2) is 15.7 Å². The normalized spacial score (nSPS) is 10.6. The molecule has 0 aliphatic rings. The fourth-order valence-corrected chi connectivity index (χ4v) is 2.21. The molecular weight excluding hydrogens is 306 g/mol. The number of rotatable bonds is 6. The summed E-state index contributed by atoms with van der Waals surface area (Å²) in [5, 5.41) is 6.76. The molecule has 3 aromatic rings. The van der Waals surface area contributed by atoms with Crippen molar-refractivity contribution in [2.75, 3.05) is 5.32 Å². The second-order valence-electron chi connectivity index (χ2n) is 5.38. The number of nitrogens with one attached hydrogen (secondary N) is 1. The van der Waals surface area contributed by atoms with Crippen LogP contribution in [0.5, 0.6) is 5.75 Å². The molecule has 1 aromatic carbocycles. The number of ether oxygens (including phenoxy) is 1. The molecule has 124 valence electrons. The maximum atomic E-state index is 12.1. The first-order valence-corrected chi connectivity index (χ1v) is 7.75. The number of nitrogens with zero attached hydrogens (tertiary/aromatic N) is 2. The molecule has 0 atom stereocenters. The zero-order chi connectivity index (χ0) is 16.9. The van der Waals surface area contributed by atoms with E-state index < -0.39 is 0 Å². The summed E-state index contributed by atoms with van der Waals surface area (Å²) in [6, 6.07) is 13.0. The lowest BCUT2D eigenvalue weighted by Crippen LogP contribution is -2.11. The van der Waals surface area contributed by atoms with E-state index in [1.807, 2.05) is 24.3 Å². The van der Waals surface area contributed by atoms with Crippen LogP contribution in [0.2, 0.25) is 0 Å². The minimum Gasteiger partial charge on any atom is -0.486 e. The summed E-state index contributed by atoms with van der Waals surface area (Å²) < 4.78 is 12.8. The highest BCUT2D eigenvalue weighted by atomic mass is 16.5. The molecule has 0 spiro atoms. The van der Waals surface area contributed by atoms with Crippen LogP contribution in [0.15, 0.2) is 53.1 Å². The third kappa shape index (κ3) is 3.84. The first-order chi connectivity index (χ1) is 11.6. The molecule has 0 fully saturated rings. The summed E-state index contributed by atoms with van der Waals surface area (Å²) in [4.78, 5) is 12.1. The predicted octanol–water partition coefficient (Wildman–Crippen LogP) is 3.41. The predicted molar refractivity (Wildman–Crippen MR) is 90.0 cm³/mol. The maximum absolute atomic E-state index is 12.1. The monoisotopic (exact) mass is 325 g/mol. The number of furan rings is 1. The Morgan fingerprint density at radius 3 is 2.67 bits per heavy atom. The zero-order valence-corrected chi connectivity index (χ0v) is 13.7. The van der Waals surface area contributed by atoms with Crippen molar-refractivity contribution in [2.45, 2.75) is 20.0 Å². The summed E-state index contributed by atoms with van der Waals surface area (Å²) in [6.07, 6.45) is 2.74. The Bertz CT molecular complexity index is 818. The van der Waals surface area contributed by atoms with Gasteiger partial charge in [0, 0.05) is 19.3 Å². The van der Waals surface area contributed by atoms with Crippen molar-refractivity contribution in [1.29, 1.82) is 0 Å². The molecule has 0 unspecified atom stereocenters. The molecule has 2 heterocycles. The minimum atomic E-state index is -0.341. The number of benzene rings is 1. The molecular formula is C18H19N3O3. The van der Waals surface area contributed by atoms with E-state index in [-0.39, 0.29) is 18.3 Å². The largest absolute Gasteiger partial charge is 0.486 e. The lowest BCUT2D eigenvalue weighted by molar-refractivity contribution is 0.0992. The third-order valence-corrected chi connectivity index (χ3v) is 3.55. The SMILES string of the molecule is CCc1ccc(OCc2ccc(C(=O)Nc3ccn(C)n3)o2)cc1. The zero-order valence-electron chi connectivity index (χ0n) is 13.7. The summed E-state index contributed by atoms with van der Waals surface area (Å²) >= 11 is 0. The second kappa shape index (κ2) is 7.04. The van der Waals surface area contributed by atoms with Crippen LogP contribution in [-0.2, 0) is 20.1 Å². The molecule has 24 heavy (non-hydrogen) atoms. The summed E-state index contributed by atoms with van der Waals surface area (Å²) in [5.41, 5.74) is 1.26. The molecule has 3 rings (SSSR count). The van der Waals surface area contributed by atoms with Gasteiger partial charge in [-0.2, -0.15) is 5.10 Å². The molecule has 6 nitrogen and oxygen atoms in total. The number of amides is 1. The van der Waals surface area contributed by atoms with Gasteiger partial charge >= 0.3 is 0 Å². The lowest BCUT2D eigenvalue weighted by Gasteiger charge is -2.05. The fourth-order valence-electron chi connectivity index (χ4n) is 2.21. The quantitative estimate of drug-likeness (QED) is 0.754. The Kier molecular flexibility index (Phi) is 4.65. The Hall–Kier alpha value is -3.02. The molecule has 1 N–H and O–H groups in total. The van der Waals surface area contributed by atoms with Crippen LogP contribution in [0.4, 0.5) is 5.82 Å². The fraction of sp³-hybridized carbons (Fsp3) is 0.222. The average Bonchev–Trinajstić information content (AvgIpc) is 3.22. The summed E-state index contributed by atoms with van der Waals surface area (Å²) in [5.74, 6) is 1.71. The Morgan fingerprint density at radius 1 is 1.21 bits per heavy atom. The highest BCUT2D eigenvalue weighted by molar-refractivity contribution is 6.01. The van der Waals surface area contributed by atoms with Crippen molar-refractivity contribution in [3.05, 3.63) is 65.7 Å². The van der Waals surface area contributed by atoms with Gasteiger partial charge in [0.2, 0.25) is 0 Å². The van der Waals surface area contributed by atoms with Crippen molar-refractivity contribution in [3.63, 3.8) is 0 Å². The molecule has 1 amide bonds. The van der Waals surface area contributed by atoms with Gasteiger partial charge in [-0.05, 0) is 36.2 Å². The van der Waals surface area contributed by atoms with E-state index in [1.54, 1.807) is 36.1 Å². The van der Waals surface area contributed by atoms with Crippen LogP contribution in [0, 0.1) is 0 Å². The Morgan fingerprint density at radius 2 is 2.00 bits per heavy atom. The Balaban J connectivity index is 1.57. The second-order valence-corrected chi connectivity index (χ2v) is 5.38. The number of aromatic nitrogens is 2. The highest BCUT2D eigenvalue weighted by Crippen LogP contribution is 2.16. The molecule has 2 aromatic heterocycles. The van der Waals surface area contributed by atoms with Crippen LogP contribution in [0.1, 0.15) is 28.8 Å². The molecule has 0 saturated carbocycles. The van der Waals surface area contributed by atoms with E-state index in [4.69, 9.17) is 9.15 Å². The van der Waals surface area contributed by atoms with Crippen LogP contribution >= 0.6 is 0 Å². The van der Waals surface area contributed by atoms with E-state index in [1.165, 1.54) is 5.56 Å². The molecule has 0 bridgehead atoms. The number of aryl methyl sites for hydroxylation is 2. The molecule has 6 heteroatoms. The van der Waals surface area contributed by atoms with Gasteiger partial charge in [0.05, 0.1) is 0 Å². The van der Waals surface area contributed by atoms with E-state index >= 15 is 0 Å². The highest BCUT2D eigenvalue weighted by Gasteiger charge is 2.13. The van der Waals surface area contributed by atoms with Crippen LogP contribution in [0.3, 0.4) is 0 Å². The average molecular weight is 325 g/mol. The topological polar surface area (TPSA) is 69.3 Å². The minimum absolute atomic E-state index is 0.223. The number of anilines is 1. The first-order valence-electron chi connectivity index (χ1n) is 7.75. The molecule has 0 saturated heterocycles. The van der Waals surface area contributed by atoms with Crippen LogP contribution in [0.25, 0.3) is 0 Å². The van der Waals surface area contributed by atoms with Gasteiger partial charge in [-0.25, -0.2) is 0 Å². The standard InChI is InChI=1S/C18H19N3O3/c1-3-13-4-6-14(7-5-13)23-12-15-8-9-16(24-15)18(22)19-17-10-11-21(2)20-17/h4-11H,3,12H2,1-2H3,(H,19,20,22). The van der Waals surface area contributed by atoms with Crippen molar-refractivity contribution in [2.24, 2.45) is 7.05 Å². The number of carbonyl (C=O) groups is 1. The third-order valence-electron chi connectivity index (χ3n) is 3.55. The van der Waals surface area contributed by atoms with Crippen molar-refractivity contribution in [3.8, 4) is 5.75 Å². The molecule has 0 radical (unpaired) electrons. The number of hydrogen-bond donors (Lipinski definition) is 1. The lowest BCUT2D eigenvalue weighted by atomic mass is 10.2. The van der Waals surface area contributed by atoms with Crippen LogP contribution < -0.4 is 10.1 Å². The van der Waals surface area contributed by atoms with E-state index in [2.05, 4.69) is 17.3 Å². The van der Waals surface area contributed by atoms with Crippen molar-refractivity contribution >= 4 is 11.7 Å². The van der Waals surface area contributed by atoms with Gasteiger partial charge in [-0.1, -0.05) is 19.1 Å². The van der Waals surface area contributed by atoms with Crippen molar-refractivity contribution in [1.82, 2.24) is 9.78 Å². The van der Waals surface area contributed by atoms with E-state index in [0.29, 0.717) is 11.6 Å². The van der Waals surface area contributed by atoms with Gasteiger partial charge in [0.1, 0.15) is 18.1 Å². The maximum Gasteiger partial charge on any atom is 0.292 e. The van der Waals surface area contributed by atoms with E-state index in [0.717, 1.165) is 12.2 Å². The van der Waals surface area contributed by atoms with Crippen molar-refractivity contribution < 1.29 is 13.9 Å². The number of hydrogen-bond acceptors (Lipinski definition) is 4. The molecule has 0 aliphatic carbocycles. The smallest absolute Gasteiger partial charge is 0.292 e. The van der Waals surface area contributed by atoms with Gasteiger partial charge in [0.25, 0.3) is 5.91 Å². The van der Waals surface area contributed by atoms with Gasteiger partial charge < -0.3 is 14.5 Å². The van der Waals surface area contributed by atoms with Gasteiger partial charge in [-0.3, -0.25) is 9.48 Å². The van der Waals surface area contributed by atoms with E-state index in [9.17, 15) is 4.79 Å². The molecule has 0 aliphatic heterocycles. The van der Waals surface area contributed by atoms with Gasteiger partial charge in [0.15, 0.2) is 11.6 Å². The summed E-state index contributed by atoms with van der Waals surface area (Å²) in [7, 11) is 1.78. The van der Waals surface area contributed by atoms with Gasteiger partial charge in [-0.15, -0.1) is 0 Å². The Labute approximate surface area is 140 Å².